The first-order valence-corrected chi connectivity index (χ1v) is 11.0. The molecular weight excluding hydrogens is 781 g/mol. The molecule has 5 nitrogen and oxygen atoms in total. The molecule has 0 heterocycles. The molecule has 0 fully saturated rings. The Morgan fingerprint density at radius 1 is 0.490 bits per heavy atom. The molecule has 1 amide bonds. The largest absolute Gasteiger partial charge is 0.474 e. The summed E-state index contributed by atoms with van der Waals surface area (Å²) in [5.41, 5.74) is -0.571. The Balaban J connectivity index is 7.03. The van der Waals surface area contributed by atoms with E-state index in [1.807, 2.05) is 0 Å². The topological polar surface area (TPSA) is 64.6 Å². The fraction of sp³-hybridized carbons (Fsp3) is 0.789. The van der Waals surface area contributed by atoms with Crippen LogP contribution in [0.25, 0.3) is 0 Å². The molecule has 0 aromatic rings. The number of carbonyl (C=O) groups is 2. The van der Waals surface area contributed by atoms with E-state index in [4.69, 9.17) is 0 Å². The lowest BCUT2D eigenvalue weighted by molar-refractivity contribution is -0.487. The van der Waals surface area contributed by atoms with Gasteiger partial charge in [-0.1, -0.05) is 6.58 Å². The number of hydrogen-bond donors (Lipinski definition) is 1. The van der Waals surface area contributed by atoms with Crippen molar-refractivity contribution >= 4 is 12.1 Å². The summed E-state index contributed by atoms with van der Waals surface area (Å²) >= 11 is 0. The molecule has 1 N–H and O–H groups in total. The van der Waals surface area contributed by atoms with E-state index in [1.165, 1.54) is 0 Å². The van der Waals surface area contributed by atoms with E-state index in [0.717, 1.165) is 12.2 Å². The molecule has 0 aliphatic heterocycles. The second kappa shape index (κ2) is 12.2. The van der Waals surface area contributed by atoms with E-state index in [-0.39, 0.29) is 0 Å². The zero-order chi connectivity index (χ0) is 40.4. The molecule has 0 aromatic heterocycles. The van der Waals surface area contributed by atoms with Crippen molar-refractivity contribution in [3.05, 3.63) is 12.2 Å². The fourth-order valence-corrected chi connectivity index (χ4v) is 2.60. The molecule has 1 atom stereocenters. The van der Waals surface area contributed by atoms with Crippen LogP contribution in [-0.4, -0.2) is 89.8 Å². The van der Waals surface area contributed by atoms with Gasteiger partial charge >= 0.3 is 83.6 Å². The summed E-state index contributed by atoms with van der Waals surface area (Å²) in [7, 11) is 0. The second-order valence-corrected chi connectivity index (χ2v) is 9.12. The van der Waals surface area contributed by atoms with Crippen LogP contribution < -0.4 is 5.32 Å². The predicted molar refractivity (Wildman–Crippen MR) is 100 cm³/mol. The maximum Gasteiger partial charge on any atom is 0.474 e. The Hall–Kier alpha value is -3.27. The molecule has 0 aliphatic carbocycles. The van der Waals surface area contributed by atoms with Crippen LogP contribution in [0.2, 0.25) is 0 Å². The van der Waals surface area contributed by atoms with Gasteiger partial charge in [-0.15, -0.1) is 0 Å². The summed E-state index contributed by atoms with van der Waals surface area (Å²) in [6, 6.07) is 0. The SMILES string of the molecule is C=C(C)C(=O)OC(C)NC(=O)OC(F)(F)C(F)(F)C(F)(F)C(F)(F)C(F)(F)C(F)(F)C(F)(F)C(F)(F)C(F)(F)C(F)(F)C(F)(F)C(F)(F)F. The molecule has 290 valence electrons. The summed E-state index contributed by atoms with van der Waals surface area (Å²) in [6.45, 7) is 4.15. The number of nitrogens with one attached hydrogen (secondary N) is 1. The maximum absolute atomic E-state index is 13.9. The predicted octanol–water partition coefficient (Wildman–Crippen LogP) is 8.69. The minimum atomic E-state index is -9.73. The van der Waals surface area contributed by atoms with Gasteiger partial charge in [0.15, 0.2) is 6.23 Å². The molecule has 0 bridgehead atoms. The van der Waals surface area contributed by atoms with Crippen LogP contribution >= 0.6 is 0 Å². The van der Waals surface area contributed by atoms with E-state index in [1.54, 1.807) is 0 Å². The Morgan fingerprint density at radius 2 is 0.735 bits per heavy atom. The van der Waals surface area contributed by atoms with Crippen LogP contribution in [0.15, 0.2) is 12.2 Å². The smallest absolute Gasteiger partial charge is 0.439 e. The first-order valence-electron chi connectivity index (χ1n) is 11.0. The molecule has 30 heteroatoms. The Labute approximate surface area is 251 Å². The summed E-state index contributed by atoms with van der Waals surface area (Å²) in [4.78, 5) is 22.4. The third-order valence-corrected chi connectivity index (χ3v) is 5.44. The van der Waals surface area contributed by atoms with Crippen molar-refractivity contribution in [3.8, 4) is 0 Å². The molecule has 0 spiro atoms. The summed E-state index contributed by atoms with van der Waals surface area (Å²) in [5.74, 6) is -94.9. The zero-order valence-corrected chi connectivity index (χ0v) is 22.4. The normalized spacial score (nSPS) is 16.2. The van der Waals surface area contributed by atoms with Gasteiger partial charge in [0.05, 0.1) is 0 Å². The Kier molecular flexibility index (Phi) is 11.4. The lowest BCUT2D eigenvalue weighted by Gasteiger charge is -2.45. The molecular formula is C19H10F25NO4. The number of hydrogen-bond acceptors (Lipinski definition) is 4. The van der Waals surface area contributed by atoms with E-state index in [9.17, 15) is 119 Å². The van der Waals surface area contributed by atoms with Crippen LogP contribution in [0.5, 0.6) is 0 Å². The monoisotopic (exact) mass is 791 g/mol. The highest BCUT2D eigenvalue weighted by molar-refractivity contribution is 5.87. The Bertz CT molecular complexity index is 1270. The summed E-state index contributed by atoms with van der Waals surface area (Å²) < 4.78 is 342. The van der Waals surface area contributed by atoms with Crippen LogP contribution in [0.1, 0.15) is 13.8 Å². The fourth-order valence-electron chi connectivity index (χ4n) is 2.60. The molecule has 0 aromatic carbocycles. The number of rotatable bonds is 14. The van der Waals surface area contributed by atoms with Crippen molar-refractivity contribution in [3.63, 3.8) is 0 Å². The average Bonchev–Trinajstić information content (AvgIpc) is 2.85. The third kappa shape index (κ3) is 6.43. The van der Waals surface area contributed by atoms with Crippen molar-refractivity contribution < 1.29 is 129 Å². The number of carbonyl (C=O) groups excluding carboxylic acids is 2. The van der Waals surface area contributed by atoms with E-state index < -0.39 is 95.4 Å². The van der Waals surface area contributed by atoms with Gasteiger partial charge in [0.25, 0.3) is 0 Å². The lowest BCUT2D eigenvalue weighted by Crippen LogP contribution is -2.78. The molecule has 0 radical (unpaired) electrons. The van der Waals surface area contributed by atoms with Crippen molar-refractivity contribution in [1.29, 1.82) is 0 Å². The van der Waals surface area contributed by atoms with Crippen molar-refractivity contribution in [2.24, 2.45) is 0 Å². The van der Waals surface area contributed by atoms with Crippen molar-refractivity contribution in [2.45, 2.75) is 91.6 Å². The van der Waals surface area contributed by atoms with Gasteiger partial charge in [0.2, 0.25) is 0 Å². The van der Waals surface area contributed by atoms with Crippen molar-refractivity contribution in [1.82, 2.24) is 5.32 Å². The van der Waals surface area contributed by atoms with E-state index in [2.05, 4.69) is 16.1 Å². The molecule has 0 aliphatic rings. The van der Waals surface area contributed by atoms with Gasteiger partial charge < -0.3 is 9.47 Å². The number of halogens is 25. The quantitative estimate of drug-likeness (QED) is 0.0829. The standard InChI is InChI=1S/C19H10F25NO4/c1-4(2)6(46)48-5(3)45-7(47)49-19(43,44)17(38,39)15(34,35)13(30,31)11(26,27)9(22,23)8(20,21)10(24,25)12(28,29)14(32,33)16(36,37)18(40,41)42/h5H,1H2,2-3H3,(H,45,47). The number of amides is 1. The number of esters is 1. The average molecular weight is 791 g/mol. The third-order valence-electron chi connectivity index (χ3n) is 5.44. The van der Waals surface area contributed by atoms with Gasteiger partial charge in [-0.3, -0.25) is 5.32 Å². The molecule has 0 saturated carbocycles. The van der Waals surface area contributed by atoms with Crippen LogP contribution in [0.4, 0.5) is 115 Å². The minimum Gasteiger partial charge on any atom is -0.439 e. The first kappa shape index (κ1) is 45.7. The highest BCUT2D eigenvalue weighted by Crippen LogP contribution is 2.67. The van der Waals surface area contributed by atoms with Gasteiger partial charge in [0.1, 0.15) is 0 Å². The van der Waals surface area contributed by atoms with Gasteiger partial charge in [-0.25, -0.2) is 9.59 Å². The lowest BCUT2D eigenvalue weighted by atomic mass is 9.85. The molecule has 1 unspecified atom stereocenters. The van der Waals surface area contributed by atoms with E-state index in [0.29, 0.717) is 6.92 Å². The summed E-state index contributed by atoms with van der Waals surface area (Å²) in [5, 5.41) is 0.723. The maximum atomic E-state index is 13.9. The minimum absolute atomic E-state index is 0.392. The number of alkyl carbamates (subject to hydrolysis) is 1. The summed E-state index contributed by atoms with van der Waals surface area (Å²) in [6.07, 6.45) is -21.6. The van der Waals surface area contributed by atoms with Crippen LogP contribution in [0.3, 0.4) is 0 Å². The van der Waals surface area contributed by atoms with Gasteiger partial charge in [-0.2, -0.15) is 110 Å². The highest BCUT2D eigenvalue weighted by atomic mass is 19.4. The van der Waals surface area contributed by atoms with Gasteiger partial charge in [0, 0.05) is 5.57 Å². The molecule has 0 saturated heterocycles. The van der Waals surface area contributed by atoms with Crippen LogP contribution in [0, 0.1) is 0 Å². The zero-order valence-electron chi connectivity index (χ0n) is 22.4. The van der Waals surface area contributed by atoms with Crippen molar-refractivity contribution in [2.75, 3.05) is 0 Å². The second-order valence-electron chi connectivity index (χ2n) is 9.12. The Morgan fingerprint density at radius 3 is 0.980 bits per heavy atom. The first-order chi connectivity index (χ1) is 20.9. The highest BCUT2D eigenvalue weighted by Gasteiger charge is 3.00. The van der Waals surface area contributed by atoms with E-state index >= 15 is 0 Å². The molecule has 0 rings (SSSR count). The van der Waals surface area contributed by atoms with Crippen LogP contribution in [-0.2, 0) is 14.3 Å². The number of alkyl halides is 25. The molecule has 49 heavy (non-hydrogen) atoms. The van der Waals surface area contributed by atoms with Gasteiger partial charge in [-0.05, 0) is 13.8 Å². The number of ether oxygens (including phenoxy) is 2.